The van der Waals surface area contributed by atoms with Gasteiger partial charge >= 0.3 is 11.9 Å². The van der Waals surface area contributed by atoms with Gasteiger partial charge in [-0.15, -0.1) is 5.06 Å². The van der Waals surface area contributed by atoms with Crippen molar-refractivity contribution in [3.05, 3.63) is 29.3 Å². The summed E-state index contributed by atoms with van der Waals surface area (Å²) in [5, 5.41) is 1.80. The van der Waals surface area contributed by atoms with Crippen molar-refractivity contribution in [1.82, 2.24) is 5.06 Å². The van der Waals surface area contributed by atoms with E-state index in [0.717, 1.165) is 43.7 Å². The Morgan fingerprint density at radius 3 is 2.41 bits per heavy atom. The molecule has 0 radical (unpaired) electrons. The zero-order valence-electron chi connectivity index (χ0n) is 18.6. The number of benzene rings is 1. The van der Waals surface area contributed by atoms with Gasteiger partial charge in [0.15, 0.2) is 0 Å². The Bertz CT molecular complexity index is 702. The van der Waals surface area contributed by atoms with E-state index < -0.39 is 5.41 Å². The first-order valence-electron chi connectivity index (χ1n) is 10.4. The molecule has 2 rings (SSSR count). The van der Waals surface area contributed by atoms with Gasteiger partial charge in [0.2, 0.25) is 0 Å². The average Bonchev–Trinajstić information content (AvgIpc) is 2.67. The van der Waals surface area contributed by atoms with Crippen LogP contribution >= 0.6 is 0 Å². The Labute approximate surface area is 174 Å². The smallest absolute Gasteiger partial charge is 0.338 e. The molecule has 0 aromatic heterocycles. The van der Waals surface area contributed by atoms with E-state index in [0.29, 0.717) is 24.0 Å². The number of methoxy groups -OCH3 is 1. The number of hydroxylamine groups is 2. The molecule has 0 N–H and O–H groups in total. The fourth-order valence-corrected chi connectivity index (χ4v) is 3.45. The lowest BCUT2D eigenvalue weighted by atomic mass is 9.84. The first-order chi connectivity index (χ1) is 13.6. The molecule has 0 spiro atoms. The van der Waals surface area contributed by atoms with E-state index in [9.17, 15) is 9.59 Å². The van der Waals surface area contributed by atoms with Gasteiger partial charge in [0.05, 0.1) is 24.7 Å². The Balaban J connectivity index is 1.74. The van der Waals surface area contributed by atoms with Gasteiger partial charge in [-0.3, -0.25) is 0 Å². The van der Waals surface area contributed by atoms with Gasteiger partial charge < -0.3 is 14.3 Å². The Hall–Kier alpha value is -2.08. The lowest BCUT2D eigenvalue weighted by Crippen LogP contribution is -2.40. The van der Waals surface area contributed by atoms with Gasteiger partial charge in [0.25, 0.3) is 0 Å². The SMILES string of the molecule is COC(=O)c1ccc(OCC[C@@H](C)C2CCN(OC(=O)C(C)(C)C)CC2)cc1C. The van der Waals surface area contributed by atoms with Crippen LogP contribution in [0.4, 0.5) is 0 Å². The second kappa shape index (κ2) is 10.1. The summed E-state index contributed by atoms with van der Waals surface area (Å²) in [7, 11) is 1.38. The van der Waals surface area contributed by atoms with Crippen molar-refractivity contribution in [2.75, 3.05) is 26.8 Å². The monoisotopic (exact) mass is 405 g/mol. The average molecular weight is 406 g/mol. The first kappa shape index (κ1) is 23.2. The fraction of sp³-hybridized carbons (Fsp3) is 0.652. The van der Waals surface area contributed by atoms with Gasteiger partial charge in [-0.1, -0.05) is 6.92 Å². The van der Waals surface area contributed by atoms with E-state index in [1.165, 1.54) is 7.11 Å². The third kappa shape index (κ3) is 6.74. The summed E-state index contributed by atoms with van der Waals surface area (Å²) in [6.07, 6.45) is 3.00. The standard InChI is InChI=1S/C23H35NO5/c1-16(18-9-12-24(13-10-18)29-22(26)23(3,4)5)11-14-28-19-7-8-20(17(2)15-19)21(25)27-6/h7-8,15-16,18H,9-14H2,1-6H3/t16-/m1/s1. The zero-order chi connectivity index (χ0) is 21.6. The lowest BCUT2D eigenvalue weighted by molar-refractivity contribution is -0.206. The molecule has 1 fully saturated rings. The molecule has 0 bridgehead atoms. The van der Waals surface area contributed by atoms with Crippen molar-refractivity contribution >= 4 is 11.9 Å². The van der Waals surface area contributed by atoms with E-state index in [4.69, 9.17) is 14.3 Å². The summed E-state index contributed by atoms with van der Waals surface area (Å²) in [5.74, 6) is 1.40. The molecule has 1 saturated heterocycles. The van der Waals surface area contributed by atoms with Gasteiger partial charge in [0, 0.05) is 13.1 Å². The van der Waals surface area contributed by atoms with E-state index in [2.05, 4.69) is 6.92 Å². The quantitative estimate of drug-likeness (QED) is 0.627. The minimum absolute atomic E-state index is 0.175. The minimum Gasteiger partial charge on any atom is -0.494 e. The summed E-state index contributed by atoms with van der Waals surface area (Å²) >= 11 is 0. The van der Waals surface area contributed by atoms with Crippen molar-refractivity contribution in [1.29, 1.82) is 0 Å². The van der Waals surface area contributed by atoms with Gasteiger partial charge in [-0.25, -0.2) is 9.59 Å². The number of hydrogen-bond acceptors (Lipinski definition) is 6. The zero-order valence-corrected chi connectivity index (χ0v) is 18.6. The molecule has 1 aliphatic rings. The van der Waals surface area contributed by atoms with Crippen molar-refractivity contribution in [3.63, 3.8) is 0 Å². The molecule has 1 heterocycles. The Morgan fingerprint density at radius 2 is 1.86 bits per heavy atom. The number of piperidine rings is 1. The number of carbonyl (C=O) groups is 2. The van der Waals surface area contributed by atoms with Crippen molar-refractivity contribution in [2.24, 2.45) is 17.3 Å². The van der Waals surface area contributed by atoms with Crippen LogP contribution < -0.4 is 4.74 Å². The van der Waals surface area contributed by atoms with E-state index in [1.807, 2.05) is 39.8 Å². The lowest BCUT2D eigenvalue weighted by Gasteiger charge is -2.34. The highest BCUT2D eigenvalue weighted by Crippen LogP contribution is 2.28. The van der Waals surface area contributed by atoms with E-state index in [-0.39, 0.29) is 11.9 Å². The Kier molecular flexibility index (Phi) is 8.08. The highest BCUT2D eigenvalue weighted by Gasteiger charge is 2.29. The fourth-order valence-electron chi connectivity index (χ4n) is 3.45. The highest BCUT2D eigenvalue weighted by molar-refractivity contribution is 5.91. The number of rotatable bonds is 7. The maximum Gasteiger partial charge on any atom is 0.338 e. The molecule has 0 unspecified atom stereocenters. The number of nitrogens with zero attached hydrogens (tertiary/aromatic N) is 1. The van der Waals surface area contributed by atoms with Crippen molar-refractivity contribution < 1.29 is 23.9 Å². The second-order valence-corrected chi connectivity index (χ2v) is 8.98. The third-order valence-corrected chi connectivity index (χ3v) is 5.57. The van der Waals surface area contributed by atoms with Crippen LogP contribution in [0, 0.1) is 24.2 Å². The predicted octanol–water partition coefficient (Wildman–Crippen LogP) is 4.40. The largest absolute Gasteiger partial charge is 0.494 e. The number of carbonyl (C=O) groups excluding carboxylic acids is 2. The van der Waals surface area contributed by atoms with E-state index in [1.54, 1.807) is 11.1 Å². The number of esters is 1. The first-order valence-corrected chi connectivity index (χ1v) is 10.4. The maximum atomic E-state index is 12.0. The van der Waals surface area contributed by atoms with Gasteiger partial charge in [-0.2, -0.15) is 0 Å². The van der Waals surface area contributed by atoms with Crippen LogP contribution in [0.15, 0.2) is 18.2 Å². The number of aryl methyl sites for hydroxylation is 1. The molecule has 1 aromatic rings. The van der Waals surface area contributed by atoms with Crippen LogP contribution in [0.5, 0.6) is 5.75 Å². The van der Waals surface area contributed by atoms with Crippen LogP contribution in [-0.2, 0) is 14.4 Å². The summed E-state index contributed by atoms with van der Waals surface area (Å²) in [5.41, 5.74) is 0.932. The molecule has 0 amide bonds. The molecule has 6 nitrogen and oxygen atoms in total. The molecule has 29 heavy (non-hydrogen) atoms. The van der Waals surface area contributed by atoms with Crippen LogP contribution in [0.3, 0.4) is 0 Å². The van der Waals surface area contributed by atoms with Gasteiger partial charge in [0.1, 0.15) is 5.75 Å². The molecular formula is C23H35NO5. The van der Waals surface area contributed by atoms with Crippen LogP contribution in [0.2, 0.25) is 0 Å². The van der Waals surface area contributed by atoms with Gasteiger partial charge in [-0.05, 0) is 82.6 Å². The minimum atomic E-state index is -0.477. The topological polar surface area (TPSA) is 65.1 Å². The molecule has 1 aromatic carbocycles. The van der Waals surface area contributed by atoms with Crippen LogP contribution in [-0.4, -0.2) is 43.8 Å². The summed E-state index contributed by atoms with van der Waals surface area (Å²) < 4.78 is 10.7. The summed E-state index contributed by atoms with van der Waals surface area (Å²) in [6.45, 7) is 11.9. The summed E-state index contributed by atoms with van der Waals surface area (Å²) in [6, 6.07) is 5.43. The van der Waals surface area contributed by atoms with Crippen LogP contribution in [0.25, 0.3) is 0 Å². The highest BCUT2D eigenvalue weighted by atomic mass is 16.7. The molecule has 1 aliphatic heterocycles. The third-order valence-electron chi connectivity index (χ3n) is 5.57. The van der Waals surface area contributed by atoms with Crippen LogP contribution in [0.1, 0.15) is 62.9 Å². The molecule has 162 valence electrons. The molecule has 1 atom stereocenters. The maximum absolute atomic E-state index is 12.0. The van der Waals surface area contributed by atoms with Crippen molar-refractivity contribution in [3.8, 4) is 5.75 Å². The second-order valence-electron chi connectivity index (χ2n) is 8.98. The van der Waals surface area contributed by atoms with Crippen molar-refractivity contribution in [2.45, 2.75) is 53.9 Å². The molecule has 0 aliphatic carbocycles. The predicted molar refractivity (Wildman–Crippen MR) is 112 cm³/mol. The molecular weight excluding hydrogens is 370 g/mol. The number of ether oxygens (including phenoxy) is 2. The normalized spacial score (nSPS) is 16.9. The molecule has 6 heteroatoms. The Morgan fingerprint density at radius 1 is 1.21 bits per heavy atom. The number of hydrogen-bond donors (Lipinski definition) is 0. The van der Waals surface area contributed by atoms with E-state index >= 15 is 0 Å². The molecule has 0 saturated carbocycles. The summed E-state index contributed by atoms with van der Waals surface area (Å²) in [4.78, 5) is 29.2.